The van der Waals surface area contributed by atoms with Gasteiger partial charge < -0.3 is 9.36 Å². The molecule has 3 nitrogen and oxygen atoms in total. The molecule has 2 rings (SSSR count). The number of carbonyl (C=O) groups excluding carboxylic acids is 1. The summed E-state index contributed by atoms with van der Waals surface area (Å²) in [4.78, 5) is 14.6. The van der Waals surface area contributed by atoms with Crippen LogP contribution in [0.5, 0.6) is 0 Å². The fraction of sp³-hybridized carbons (Fsp3) is 0.667. The molecule has 0 amide bonds. The van der Waals surface area contributed by atoms with Crippen LogP contribution in [-0.4, -0.2) is 15.8 Å². The molecule has 1 aliphatic carbocycles. The van der Waals surface area contributed by atoms with E-state index in [9.17, 15) is 4.79 Å². The molecule has 1 aliphatic rings. The Kier molecular flexibility index (Phi) is 3.54. The lowest BCUT2D eigenvalue weighted by molar-refractivity contribution is -0.107. The molecule has 0 bridgehead atoms. The molecule has 1 aromatic rings. The zero-order valence-electron chi connectivity index (χ0n) is 9.06. The first-order valence-corrected chi connectivity index (χ1v) is 5.86. The summed E-state index contributed by atoms with van der Waals surface area (Å²) in [5, 5.41) is 0. The lowest BCUT2D eigenvalue weighted by atomic mass is 9.95. The van der Waals surface area contributed by atoms with Crippen molar-refractivity contribution >= 4 is 6.29 Å². The molecule has 82 valence electrons. The van der Waals surface area contributed by atoms with Gasteiger partial charge in [-0.3, -0.25) is 0 Å². The smallest absolute Gasteiger partial charge is 0.120 e. The zero-order chi connectivity index (χ0) is 10.5. The van der Waals surface area contributed by atoms with Gasteiger partial charge in [-0.15, -0.1) is 0 Å². The first-order chi connectivity index (χ1) is 7.40. The fourth-order valence-electron chi connectivity index (χ4n) is 2.29. The Morgan fingerprint density at radius 1 is 1.40 bits per heavy atom. The molecular weight excluding hydrogens is 188 g/mol. The SMILES string of the molecule is O=CCCc1cn(C2CCCCC2)cn1. The summed E-state index contributed by atoms with van der Waals surface area (Å²) in [6.45, 7) is 0. The molecule has 0 aliphatic heterocycles. The van der Waals surface area contributed by atoms with Gasteiger partial charge in [0, 0.05) is 18.7 Å². The molecule has 0 atom stereocenters. The summed E-state index contributed by atoms with van der Waals surface area (Å²) >= 11 is 0. The summed E-state index contributed by atoms with van der Waals surface area (Å²) < 4.78 is 2.24. The minimum absolute atomic E-state index is 0.585. The molecule has 0 aromatic carbocycles. The number of aldehydes is 1. The van der Waals surface area contributed by atoms with E-state index in [-0.39, 0.29) is 0 Å². The monoisotopic (exact) mass is 206 g/mol. The average Bonchev–Trinajstić information content (AvgIpc) is 2.76. The van der Waals surface area contributed by atoms with E-state index in [4.69, 9.17) is 0 Å². The van der Waals surface area contributed by atoms with Crippen LogP contribution in [0.2, 0.25) is 0 Å². The first-order valence-electron chi connectivity index (χ1n) is 5.86. The minimum atomic E-state index is 0.585. The predicted octanol–water partition coefficient (Wildman–Crippen LogP) is 2.52. The van der Waals surface area contributed by atoms with Crippen LogP contribution in [0.1, 0.15) is 50.3 Å². The van der Waals surface area contributed by atoms with E-state index in [1.165, 1.54) is 32.1 Å². The number of imidazole rings is 1. The van der Waals surface area contributed by atoms with Gasteiger partial charge in [-0.1, -0.05) is 19.3 Å². The standard InChI is InChI=1S/C12H18N2O/c15-8-4-5-11-9-14(10-13-11)12-6-2-1-3-7-12/h8-10,12H,1-7H2. The van der Waals surface area contributed by atoms with Crippen molar-refractivity contribution < 1.29 is 4.79 Å². The van der Waals surface area contributed by atoms with Crippen LogP contribution in [0.25, 0.3) is 0 Å². The van der Waals surface area contributed by atoms with E-state index in [1.807, 2.05) is 6.33 Å². The predicted molar refractivity (Wildman–Crippen MR) is 58.7 cm³/mol. The van der Waals surface area contributed by atoms with Gasteiger partial charge in [-0.25, -0.2) is 4.98 Å². The molecule has 3 heteroatoms. The number of carbonyl (C=O) groups is 1. The van der Waals surface area contributed by atoms with Gasteiger partial charge in [0.05, 0.1) is 12.0 Å². The van der Waals surface area contributed by atoms with Crippen LogP contribution in [-0.2, 0) is 11.2 Å². The highest BCUT2D eigenvalue weighted by Gasteiger charge is 2.14. The summed E-state index contributed by atoms with van der Waals surface area (Å²) in [6.07, 6.45) is 13.0. The number of rotatable bonds is 4. The van der Waals surface area contributed by atoms with Crippen molar-refractivity contribution in [3.8, 4) is 0 Å². The Hall–Kier alpha value is -1.12. The van der Waals surface area contributed by atoms with Crippen molar-refractivity contribution in [3.63, 3.8) is 0 Å². The summed E-state index contributed by atoms with van der Waals surface area (Å²) in [6, 6.07) is 0.649. The Bertz CT molecular complexity index is 313. The summed E-state index contributed by atoms with van der Waals surface area (Å²) in [5.41, 5.74) is 1.05. The van der Waals surface area contributed by atoms with E-state index in [1.54, 1.807) is 0 Å². The maximum absolute atomic E-state index is 10.3. The van der Waals surface area contributed by atoms with Crippen LogP contribution in [0.15, 0.2) is 12.5 Å². The quantitative estimate of drug-likeness (QED) is 0.709. The van der Waals surface area contributed by atoms with E-state index in [0.717, 1.165) is 18.4 Å². The van der Waals surface area contributed by atoms with E-state index >= 15 is 0 Å². The normalized spacial score (nSPS) is 17.9. The third kappa shape index (κ3) is 2.67. The molecule has 15 heavy (non-hydrogen) atoms. The molecule has 1 aromatic heterocycles. The zero-order valence-corrected chi connectivity index (χ0v) is 9.06. The van der Waals surface area contributed by atoms with Crippen molar-refractivity contribution in [2.24, 2.45) is 0 Å². The van der Waals surface area contributed by atoms with Crippen molar-refractivity contribution in [2.75, 3.05) is 0 Å². The van der Waals surface area contributed by atoms with E-state index in [0.29, 0.717) is 12.5 Å². The van der Waals surface area contributed by atoms with Gasteiger partial charge in [0.15, 0.2) is 0 Å². The van der Waals surface area contributed by atoms with Crippen molar-refractivity contribution in [3.05, 3.63) is 18.2 Å². The number of hydrogen-bond acceptors (Lipinski definition) is 2. The Morgan fingerprint density at radius 2 is 2.20 bits per heavy atom. The van der Waals surface area contributed by atoms with Crippen LogP contribution in [0.3, 0.4) is 0 Å². The highest BCUT2D eigenvalue weighted by Crippen LogP contribution is 2.27. The van der Waals surface area contributed by atoms with Gasteiger partial charge in [0.25, 0.3) is 0 Å². The first kappa shape index (κ1) is 10.4. The molecule has 1 heterocycles. The minimum Gasteiger partial charge on any atom is -0.334 e. The molecular formula is C12H18N2O. The van der Waals surface area contributed by atoms with Crippen molar-refractivity contribution in [1.29, 1.82) is 0 Å². The van der Waals surface area contributed by atoms with Gasteiger partial charge in [0.1, 0.15) is 6.29 Å². The van der Waals surface area contributed by atoms with Gasteiger partial charge in [0.2, 0.25) is 0 Å². The van der Waals surface area contributed by atoms with Gasteiger partial charge >= 0.3 is 0 Å². The van der Waals surface area contributed by atoms with E-state index in [2.05, 4.69) is 15.7 Å². The third-order valence-electron chi connectivity index (χ3n) is 3.17. The van der Waals surface area contributed by atoms with E-state index < -0.39 is 0 Å². The van der Waals surface area contributed by atoms with Crippen LogP contribution in [0.4, 0.5) is 0 Å². The molecule has 0 unspecified atom stereocenters. The molecule has 0 radical (unpaired) electrons. The second-order valence-electron chi connectivity index (χ2n) is 4.31. The number of nitrogens with zero attached hydrogens (tertiary/aromatic N) is 2. The van der Waals surface area contributed by atoms with Crippen molar-refractivity contribution in [1.82, 2.24) is 9.55 Å². The Labute approximate surface area is 90.5 Å². The number of aromatic nitrogens is 2. The summed E-state index contributed by atoms with van der Waals surface area (Å²) in [7, 11) is 0. The highest BCUT2D eigenvalue weighted by atomic mass is 16.1. The second-order valence-corrected chi connectivity index (χ2v) is 4.31. The van der Waals surface area contributed by atoms with Gasteiger partial charge in [-0.05, 0) is 19.3 Å². The largest absolute Gasteiger partial charge is 0.334 e. The topological polar surface area (TPSA) is 34.9 Å². The Balaban J connectivity index is 1.95. The maximum Gasteiger partial charge on any atom is 0.120 e. The van der Waals surface area contributed by atoms with Crippen LogP contribution >= 0.6 is 0 Å². The lowest BCUT2D eigenvalue weighted by Crippen LogP contribution is -2.10. The molecule has 0 N–H and O–H groups in total. The highest BCUT2D eigenvalue weighted by molar-refractivity contribution is 5.49. The summed E-state index contributed by atoms with van der Waals surface area (Å²) in [5.74, 6) is 0. The van der Waals surface area contributed by atoms with Gasteiger partial charge in [-0.2, -0.15) is 0 Å². The third-order valence-corrected chi connectivity index (χ3v) is 3.17. The molecule has 1 fully saturated rings. The molecule has 0 saturated heterocycles. The Morgan fingerprint density at radius 3 is 2.93 bits per heavy atom. The number of aryl methyl sites for hydroxylation is 1. The second kappa shape index (κ2) is 5.10. The molecule has 0 spiro atoms. The average molecular weight is 206 g/mol. The van der Waals surface area contributed by atoms with Crippen LogP contribution in [0, 0.1) is 0 Å². The lowest BCUT2D eigenvalue weighted by Gasteiger charge is -2.22. The molecule has 1 saturated carbocycles. The van der Waals surface area contributed by atoms with Crippen molar-refractivity contribution in [2.45, 2.75) is 51.0 Å². The number of hydrogen-bond donors (Lipinski definition) is 0. The fourth-order valence-corrected chi connectivity index (χ4v) is 2.29. The van der Waals surface area contributed by atoms with Crippen LogP contribution < -0.4 is 0 Å². The maximum atomic E-state index is 10.3.